The minimum absolute atomic E-state index is 0.219. The Labute approximate surface area is 103 Å². The van der Waals surface area contributed by atoms with E-state index in [4.69, 9.17) is 5.11 Å². The summed E-state index contributed by atoms with van der Waals surface area (Å²) in [4.78, 5) is 24.0. The van der Waals surface area contributed by atoms with Crippen LogP contribution in [0.1, 0.15) is 19.8 Å². The molecule has 17 heavy (non-hydrogen) atoms. The molecule has 1 aliphatic rings. The van der Waals surface area contributed by atoms with Gasteiger partial charge < -0.3 is 15.3 Å². The Morgan fingerprint density at radius 1 is 1.59 bits per heavy atom. The van der Waals surface area contributed by atoms with Gasteiger partial charge in [0.25, 0.3) is 0 Å². The van der Waals surface area contributed by atoms with Gasteiger partial charge in [0.1, 0.15) is 6.04 Å². The summed E-state index contributed by atoms with van der Waals surface area (Å²) >= 11 is 0. The Bertz CT molecular complexity index is 334. The van der Waals surface area contributed by atoms with Gasteiger partial charge in [-0.3, -0.25) is 4.21 Å². The molecule has 0 saturated carbocycles. The number of amides is 2. The highest BCUT2D eigenvalue weighted by molar-refractivity contribution is 7.84. The van der Waals surface area contributed by atoms with Gasteiger partial charge in [-0.15, -0.1) is 0 Å². The molecule has 6 nitrogen and oxygen atoms in total. The van der Waals surface area contributed by atoms with Gasteiger partial charge in [0.15, 0.2) is 0 Å². The van der Waals surface area contributed by atoms with Crippen molar-refractivity contribution in [3.63, 3.8) is 0 Å². The zero-order chi connectivity index (χ0) is 13.0. The van der Waals surface area contributed by atoms with Crippen molar-refractivity contribution in [1.82, 2.24) is 10.2 Å². The Hall–Kier alpha value is -1.11. The van der Waals surface area contributed by atoms with E-state index in [1.807, 2.05) is 0 Å². The first-order chi connectivity index (χ1) is 7.91. The second kappa shape index (κ2) is 6.00. The molecule has 1 heterocycles. The van der Waals surface area contributed by atoms with Crippen molar-refractivity contribution in [3.05, 3.63) is 0 Å². The predicted molar refractivity (Wildman–Crippen MR) is 64.3 cm³/mol. The molecule has 1 aliphatic heterocycles. The van der Waals surface area contributed by atoms with E-state index in [-0.39, 0.29) is 12.1 Å². The third-order valence-corrected chi connectivity index (χ3v) is 3.62. The van der Waals surface area contributed by atoms with Crippen LogP contribution >= 0.6 is 0 Å². The Balaban J connectivity index is 2.52. The molecule has 2 amide bonds. The van der Waals surface area contributed by atoms with Crippen molar-refractivity contribution in [1.29, 1.82) is 0 Å². The molecule has 3 atom stereocenters. The van der Waals surface area contributed by atoms with E-state index in [0.29, 0.717) is 25.1 Å². The van der Waals surface area contributed by atoms with Crippen LogP contribution in [0.25, 0.3) is 0 Å². The van der Waals surface area contributed by atoms with Crippen LogP contribution in [0.3, 0.4) is 0 Å². The van der Waals surface area contributed by atoms with Gasteiger partial charge in [0, 0.05) is 35.4 Å². The lowest BCUT2D eigenvalue weighted by atomic mass is 10.2. The number of carboxylic acid groups (broad SMARTS) is 1. The fourth-order valence-corrected chi connectivity index (χ4v) is 2.74. The minimum Gasteiger partial charge on any atom is -0.480 e. The molecule has 0 aromatic heterocycles. The van der Waals surface area contributed by atoms with Crippen LogP contribution in [-0.4, -0.2) is 56.9 Å². The average molecular weight is 262 g/mol. The SMILES string of the molecule is CC(CS(C)=O)NC(=O)N1CCC[C@H]1C(=O)O. The summed E-state index contributed by atoms with van der Waals surface area (Å²) in [6.45, 7) is 2.22. The average Bonchev–Trinajstić information content (AvgIpc) is 2.63. The molecule has 0 radical (unpaired) electrons. The summed E-state index contributed by atoms with van der Waals surface area (Å²) in [6.07, 6.45) is 2.77. The van der Waals surface area contributed by atoms with Gasteiger partial charge in [-0.25, -0.2) is 9.59 Å². The number of rotatable bonds is 4. The summed E-state index contributed by atoms with van der Waals surface area (Å²) < 4.78 is 11.0. The van der Waals surface area contributed by atoms with Gasteiger partial charge in [-0.2, -0.15) is 0 Å². The maximum absolute atomic E-state index is 11.8. The van der Waals surface area contributed by atoms with Crippen LogP contribution in [0.15, 0.2) is 0 Å². The second-order valence-corrected chi connectivity index (χ2v) is 5.76. The number of hydrogen-bond acceptors (Lipinski definition) is 3. The van der Waals surface area contributed by atoms with Crippen LogP contribution in [-0.2, 0) is 15.6 Å². The fraction of sp³-hybridized carbons (Fsp3) is 0.800. The number of urea groups is 1. The zero-order valence-electron chi connectivity index (χ0n) is 10.0. The van der Waals surface area contributed by atoms with Crippen molar-refractivity contribution in [2.75, 3.05) is 18.6 Å². The van der Waals surface area contributed by atoms with E-state index in [1.54, 1.807) is 13.2 Å². The first-order valence-electron chi connectivity index (χ1n) is 5.51. The summed E-state index contributed by atoms with van der Waals surface area (Å²) in [7, 11) is -0.981. The molecule has 2 unspecified atom stereocenters. The van der Waals surface area contributed by atoms with Gasteiger partial charge in [-0.05, 0) is 19.8 Å². The van der Waals surface area contributed by atoms with Crippen molar-refractivity contribution >= 4 is 22.8 Å². The molecule has 1 fully saturated rings. The van der Waals surface area contributed by atoms with E-state index < -0.39 is 22.8 Å². The lowest BCUT2D eigenvalue weighted by molar-refractivity contribution is -0.141. The Kier molecular flexibility index (Phi) is 4.92. The number of carboxylic acids is 1. The molecular formula is C10H18N2O4S. The Morgan fingerprint density at radius 2 is 2.24 bits per heavy atom. The van der Waals surface area contributed by atoms with Crippen LogP contribution in [0.5, 0.6) is 0 Å². The van der Waals surface area contributed by atoms with E-state index in [1.165, 1.54) is 4.90 Å². The number of hydrogen-bond donors (Lipinski definition) is 2. The Morgan fingerprint density at radius 3 is 2.76 bits per heavy atom. The molecule has 0 aliphatic carbocycles. The number of nitrogens with one attached hydrogen (secondary N) is 1. The molecular weight excluding hydrogens is 244 g/mol. The molecule has 1 rings (SSSR count). The largest absolute Gasteiger partial charge is 0.480 e. The van der Waals surface area contributed by atoms with Crippen molar-refractivity contribution in [3.8, 4) is 0 Å². The number of carbonyl (C=O) groups is 2. The zero-order valence-corrected chi connectivity index (χ0v) is 10.8. The van der Waals surface area contributed by atoms with Gasteiger partial charge >= 0.3 is 12.0 Å². The van der Waals surface area contributed by atoms with Gasteiger partial charge in [0.2, 0.25) is 0 Å². The van der Waals surface area contributed by atoms with Crippen LogP contribution < -0.4 is 5.32 Å². The van der Waals surface area contributed by atoms with Crippen LogP contribution in [0.2, 0.25) is 0 Å². The third kappa shape index (κ3) is 3.99. The van der Waals surface area contributed by atoms with E-state index in [9.17, 15) is 13.8 Å². The van der Waals surface area contributed by atoms with Crippen LogP contribution in [0, 0.1) is 0 Å². The molecule has 7 heteroatoms. The number of aliphatic carboxylic acids is 1. The molecule has 0 bridgehead atoms. The molecule has 0 spiro atoms. The van der Waals surface area contributed by atoms with Gasteiger partial charge in [-0.1, -0.05) is 0 Å². The highest BCUT2D eigenvalue weighted by atomic mass is 32.2. The number of likely N-dealkylation sites (tertiary alicyclic amines) is 1. The number of carbonyl (C=O) groups excluding carboxylic acids is 1. The highest BCUT2D eigenvalue weighted by Gasteiger charge is 2.34. The quantitative estimate of drug-likeness (QED) is 0.747. The predicted octanol–water partition coefficient (Wildman–Crippen LogP) is 0.0120. The molecule has 98 valence electrons. The molecule has 0 aromatic rings. The standard InChI is InChI=1S/C10H18N2O4S/c1-7(6-17(2)16)11-10(15)12-5-3-4-8(12)9(13)14/h7-8H,3-6H2,1-2H3,(H,11,15)(H,13,14)/t7?,8-,17?/m0/s1. The summed E-state index contributed by atoms with van der Waals surface area (Å²) in [5.41, 5.74) is 0. The molecule has 2 N–H and O–H groups in total. The highest BCUT2D eigenvalue weighted by Crippen LogP contribution is 2.17. The van der Waals surface area contributed by atoms with Crippen molar-refractivity contribution in [2.45, 2.75) is 31.8 Å². The minimum atomic E-state index is -0.981. The molecule has 1 saturated heterocycles. The van der Waals surface area contributed by atoms with E-state index in [0.717, 1.165) is 0 Å². The normalized spacial score (nSPS) is 23.2. The smallest absolute Gasteiger partial charge is 0.326 e. The van der Waals surface area contributed by atoms with Crippen molar-refractivity contribution < 1.29 is 18.9 Å². The fourth-order valence-electron chi connectivity index (χ4n) is 1.95. The maximum atomic E-state index is 11.8. The summed E-state index contributed by atoms with van der Waals surface area (Å²) in [5, 5.41) is 11.6. The monoisotopic (exact) mass is 262 g/mol. The van der Waals surface area contributed by atoms with E-state index in [2.05, 4.69) is 5.32 Å². The second-order valence-electron chi connectivity index (χ2n) is 4.28. The lowest BCUT2D eigenvalue weighted by Crippen LogP contribution is -2.49. The first kappa shape index (κ1) is 14.0. The van der Waals surface area contributed by atoms with Gasteiger partial charge in [0.05, 0.1) is 0 Å². The summed E-state index contributed by atoms with van der Waals surface area (Å²) in [6, 6.07) is -1.33. The van der Waals surface area contributed by atoms with Crippen LogP contribution in [0.4, 0.5) is 4.79 Å². The topological polar surface area (TPSA) is 86.7 Å². The first-order valence-corrected chi connectivity index (χ1v) is 7.24. The third-order valence-electron chi connectivity index (χ3n) is 2.65. The molecule has 0 aromatic carbocycles. The summed E-state index contributed by atoms with van der Waals surface area (Å²) in [5.74, 6) is -0.596. The number of nitrogens with zero attached hydrogens (tertiary/aromatic N) is 1. The lowest BCUT2D eigenvalue weighted by Gasteiger charge is -2.24. The van der Waals surface area contributed by atoms with Crippen molar-refractivity contribution in [2.24, 2.45) is 0 Å². The maximum Gasteiger partial charge on any atom is 0.326 e. The van der Waals surface area contributed by atoms with E-state index >= 15 is 0 Å².